The number of anilines is 3. The van der Waals surface area contributed by atoms with Gasteiger partial charge in [-0.1, -0.05) is 18.2 Å². The zero-order valence-electron chi connectivity index (χ0n) is 12.0. The van der Waals surface area contributed by atoms with Gasteiger partial charge in [-0.15, -0.1) is 0 Å². The Morgan fingerprint density at radius 2 is 2.05 bits per heavy atom. The number of benzene rings is 2. The summed E-state index contributed by atoms with van der Waals surface area (Å²) in [5, 5.41) is 5.52. The molecule has 0 saturated carbocycles. The third kappa shape index (κ3) is 2.71. The third-order valence-corrected chi connectivity index (χ3v) is 3.34. The predicted molar refractivity (Wildman–Crippen MR) is 84.4 cm³/mol. The van der Waals surface area contributed by atoms with Crippen molar-refractivity contribution in [3.63, 3.8) is 0 Å². The van der Waals surface area contributed by atoms with Crippen LogP contribution in [0.1, 0.15) is 0 Å². The second-order valence-electron chi connectivity index (χ2n) is 4.81. The van der Waals surface area contributed by atoms with Gasteiger partial charge >= 0.3 is 6.03 Å². The average Bonchev–Trinajstić information content (AvgIpc) is 2.54. The van der Waals surface area contributed by atoms with Crippen LogP contribution in [0.3, 0.4) is 0 Å². The van der Waals surface area contributed by atoms with Crippen LogP contribution in [0.4, 0.5) is 21.9 Å². The second-order valence-corrected chi connectivity index (χ2v) is 4.81. The maximum Gasteiger partial charge on any atom is 0.326 e. The molecule has 0 saturated heterocycles. The number of ether oxygens (including phenoxy) is 1. The molecule has 6 heteroatoms. The molecule has 0 atom stereocenters. The van der Waals surface area contributed by atoms with E-state index >= 15 is 0 Å². The van der Waals surface area contributed by atoms with E-state index in [0.29, 0.717) is 22.8 Å². The molecule has 0 unspecified atom stereocenters. The number of methoxy groups -OCH3 is 1. The standard InChI is InChI=1S/C16H15N3O3/c1-22-12-6-4-5-11(9-12)17-16(21)19-10-15(20)18-13-7-2-3-8-14(13)19/h2-9H,10H2,1H3,(H,17,21)(H,18,20). The van der Waals surface area contributed by atoms with Crippen molar-refractivity contribution in [1.82, 2.24) is 0 Å². The maximum absolute atomic E-state index is 12.5. The van der Waals surface area contributed by atoms with E-state index in [1.54, 1.807) is 43.5 Å². The molecule has 0 aliphatic carbocycles. The average molecular weight is 297 g/mol. The Kier molecular flexibility index (Phi) is 3.65. The number of hydrogen-bond acceptors (Lipinski definition) is 3. The lowest BCUT2D eigenvalue weighted by atomic mass is 10.2. The fourth-order valence-electron chi connectivity index (χ4n) is 2.31. The SMILES string of the molecule is COc1cccc(NC(=O)N2CC(=O)Nc3ccccc32)c1. The van der Waals surface area contributed by atoms with Crippen LogP contribution < -0.4 is 20.3 Å². The second kappa shape index (κ2) is 5.77. The lowest BCUT2D eigenvalue weighted by Gasteiger charge is -2.29. The molecule has 112 valence electrons. The van der Waals surface area contributed by atoms with Gasteiger partial charge in [-0.2, -0.15) is 0 Å². The van der Waals surface area contributed by atoms with E-state index in [1.165, 1.54) is 4.90 Å². The number of nitrogens with zero attached hydrogens (tertiary/aromatic N) is 1. The van der Waals surface area contributed by atoms with Gasteiger partial charge in [0.2, 0.25) is 5.91 Å². The lowest BCUT2D eigenvalue weighted by molar-refractivity contribution is -0.115. The molecule has 3 amide bonds. The number of amides is 3. The summed E-state index contributed by atoms with van der Waals surface area (Å²) in [4.78, 5) is 25.6. The summed E-state index contributed by atoms with van der Waals surface area (Å²) in [5.41, 5.74) is 1.90. The zero-order chi connectivity index (χ0) is 15.5. The molecule has 0 bridgehead atoms. The van der Waals surface area contributed by atoms with E-state index in [2.05, 4.69) is 10.6 Å². The van der Waals surface area contributed by atoms with Crippen LogP contribution in [0, 0.1) is 0 Å². The minimum atomic E-state index is -0.365. The van der Waals surface area contributed by atoms with Crippen LogP contribution in [-0.2, 0) is 4.79 Å². The monoisotopic (exact) mass is 297 g/mol. The molecule has 1 heterocycles. The number of carbonyl (C=O) groups is 2. The van der Waals surface area contributed by atoms with Gasteiger partial charge in [-0.25, -0.2) is 4.79 Å². The van der Waals surface area contributed by atoms with Crippen molar-refractivity contribution in [1.29, 1.82) is 0 Å². The molecule has 1 aliphatic rings. The molecule has 0 spiro atoms. The Balaban J connectivity index is 1.84. The van der Waals surface area contributed by atoms with Gasteiger partial charge in [0.05, 0.1) is 18.5 Å². The molecular weight excluding hydrogens is 282 g/mol. The van der Waals surface area contributed by atoms with Crippen molar-refractivity contribution < 1.29 is 14.3 Å². The highest BCUT2D eigenvalue weighted by molar-refractivity contribution is 6.12. The Morgan fingerprint density at radius 1 is 1.23 bits per heavy atom. The molecule has 3 rings (SSSR count). The highest BCUT2D eigenvalue weighted by Gasteiger charge is 2.26. The van der Waals surface area contributed by atoms with Crippen molar-refractivity contribution in [2.75, 3.05) is 29.2 Å². The van der Waals surface area contributed by atoms with E-state index in [9.17, 15) is 9.59 Å². The Labute approximate surface area is 127 Å². The van der Waals surface area contributed by atoms with Crippen molar-refractivity contribution >= 4 is 29.0 Å². The molecule has 6 nitrogen and oxygen atoms in total. The Bertz CT molecular complexity index is 730. The largest absolute Gasteiger partial charge is 0.497 e. The van der Waals surface area contributed by atoms with Gasteiger partial charge in [-0.05, 0) is 24.3 Å². The predicted octanol–water partition coefficient (Wildman–Crippen LogP) is 2.69. The number of fused-ring (bicyclic) bond motifs is 1. The number of hydrogen-bond donors (Lipinski definition) is 2. The number of para-hydroxylation sites is 2. The van der Waals surface area contributed by atoms with Crippen molar-refractivity contribution in [2.24, 2.45) is 0 Å². The van der Waals surface area contributed by atoms with Gasteiger partial charge in [0, 0.05) is 11.8 Å². The molecule has 2 N–H and O–H groups in total. The molecule has 0 radical (unpaired) electrons. The minimum absolute atomic E-state index is 0.0210. The molecule has 2 aromatic rings. The van der Waals surface area contributed by atoms with E-state index in [-0.39, 0.29) is 18.5 Å². The molecule has 0 fully saturated rings. The van der Waals surface area contributed by atoms with Crippen LogP contribution in [-0.4, -0.2) is 25.6 Å². The Hall–Kier alpha value is -3.02. The van der Waals surface area contributed by atoms with E-state index in [4.69, 9.17) is 4.74 Å². The topological polar surface area (TPSA) is 70.7 Å². The van der Waals surface area contributed by atoms with Crippen LogP contribution in [0.25, 0.3) is 0 Å². The summed E-state index contributed by atoms with van der Waals surface area (Å²) in [6.07, 6.45) is 0. The number of urea groups is 1. The summed E-state index contributed by atoms with van der Waals surface area (Å²) in [7, 11) is 1.56. The highest BCUT2D eigenvalue weighted by Crippen LogP contribution is 2.29. The lowest BCUT2D eigenvalue weighted by Crippen LogP contribution is -2.44. The summed E-state index contributed by atoms with van der Waals surface area (Å²) in [6, 6.07) is 13.9. The van der Waals surface area contributed by atoms with Crippen LogP contribution in [0.2, 0.25) is 0 Å². The highest BCUT2D eigenvalue weighted by atomic mass is 16.5. The summed E-state index contributed by atoms with van der Waals surface area (Å²) >= 11 is 0. The quantitative estimate of drug-likeness (QED) is 0.895. The van der Waals surface area contributed by atoms with Gasteiger partial charge in [0.25, 0.3) is 0 Å². The molecule has 0 aromatic heterocycles. The first-order valence-corrected chi connectivity index (χ1v) is 6.79. The zero-order valence-corrected chi connectivity index (χ0v) is 12.0. The van der Waals surface area contributed by atoms with Crippen LogP contribution in [0.5, 0.6) is 5.75 Å². The molecular formula is C16H15N3O3. The molecule has 22 heavy (non-hydrogen) atoms. The third-order valence-electron chi connectivity index (χ3n) is 3.34. The number of carbonyl (C=O) groups excluding carboxylic acids is 2. The summed E-state index contributed by atoms with van der Waals surface area (Å²) in [6.45, 7) is -0.0210. The summed E-state index contributed by atoms with van der Waals surface area (Å²) < 4.78 is 5.13. The van der Waals surface area contributed by atoms with Crippen molar-refractivity contribution in [3.8, 4) is 5.75 Å². The first-order valence-electron chi connectivity index (χ1n) is 6.79. The summed E-state index contributed by atoms with van der Waals surface area (Å²) in [5.74, 6) is 0.425. The fraction of sp³-hybridized carbons (Fsp3) is 0.125. The first-order chi connectivity index (χ1) is 10.7. The van der Waals surface area contributed by atoms with Gasteiger partial charge in [0.15, 0.2) is 0 Å². The van der Waals surface area contributed by atoms with Crippen molar-refractivity contribution in [2.45, 2.75) is 0 Å². The molecule has 2 aromatic carbocycles. The smallest absolute Gasteiger partial charge is 0.326 e. The van der Waals surface area contributed by atoms with Gasteiger partial charge in [-0.3, -0.25) is 9.69 Å². The number of nitrogens with one attached hydrogen (secondary N) is 2. The fourth-order valence-corrected chi connectivity index (χ4v) is 2.31. The molecule has 1 aliphatic heterocycles. The van der Waals surface area contributed by atoms with E-state index in [0.717, 1.165) is 0 Å². The van der Waals surface area contributed by atoms with Gasteiger partial charge in [0.1, 0.15) is 12.3 Å². The Morgan fingerprint density at radius 3 is 2.86 bits per heavy atom. The number of rotatable bonds is 2. The maximum atomic E-state index is 12.5. The normalized spacial score (nSPS) is 13.1. The first kappa shape index (κ1) is 13.9. The minimum Gasteiger partial charge on any atom is -0.497 e. The van der Waals surface area contributed by atoms with Gasteiger partial charge < -0.3 is 15.4 Å². The van der Waals surface area contributed by atoms with Crippen molar-refractivity contribution in [3.05, 3.63) is 48.5 Å². The van der Waals surface area contributed by atoms with E-state index in [1.807, 2.05) is 12.1 Å². The van der Waals surface area contributed by atoms with Crippen LogP contribution in [0.15, 0.2) is 48.5 Å². The van der Waals surface area contributed by atoms with E-state index < -0.39 is 0 Å². The van der Waals surface area contributed by atoms with Crippen LogP contribution >= 0.6 is 0 Å².